The number of aromatic nitrogens is 3. The number of piperidine rings is 1. The zero-order valence-electron chi connectivity index (χ0n) is 33.1. The van der Waals surface area contributed by atoms with Crippen LogP contribution in [0.25, 0.3) is 0 Å². The first-order valence-electron chi connectivity index (χ1n) is 19.6. The van der Waals surface area contributed by atoms with Crippen LogP contribution >= 0.6 is 0 Å². The summed E-state index contributed by atoms with van der Waals surface area (Å²) in [5.41, 5.74) is -0.356. The van der Waals surface area contributed by atoms with Crippen molar-refractivity contribution < 1.29 is 31.9 Å². The van der Waals surface area contributed by atoms with Crippen LogP contribution in [0.1, 0.15) is 84.5 Å². The summed E-state index contributed by atoms with van der Waals surface area (Å²) in [5, 5.41) is 8.18. The van der Waals surface area contributed by atoms with Crippen LogP contribution in [-0.2, 0) is 14.9 Å². The molecule has 55 heavy (non-hydrogen) atoms. The zero-order valence-corrected chi connectivity index (χ0v) is 34.0. The molecule has 5 aliphatic heterocycles. The molecule has 0 N–H and O–H groups in total. The van der Waals surface area contributed by atoms with Crippen molar-refractivity contribution in [2.45, 2.75) is 104 Å². The number of carbonyl (C=O) groups is 2. The van der Waals surface area contributed by atoms with Gasteiger partial charge in [-0.05, 0) is 111 Å². The maximum atomic E-state index is 14.4. The van der Waals surface area contributed by atoms with E-state index in [2.05, 4.69) is 25.0 Å². The highest BCUT2D eigenvalue weighted by molar-refractivity contribution is 7.86. The van der Waals surface area contributed by atoms with E-state index >= 15 is 0 Å². The molecular weight excluding hydrogens is 730 g/mol. The number of amides is 2. The highest BCUT2D eigenvalue weighted by Crippen LogP contribution is 2.45. The van der Waals surface area contributed by atoms with E-state index in [9.17, 15) is 22.4 Å². The van der Waals surface area contributed by atoms with Gasteiger partial charge in [-0.1, -0.05) is 0 Å². The van der Waals surface area contributed by atoms with Crippen LogP contribution in [0.5, 0.6) is 11.6 Å². The van der Waals surface area contributed by atoms with E-state index in [0.29, 0.717) is 38.4 Å². The number of hydrogen-bond donors (Lipinski definition) is 0. The Hall–Kier alpha value is -3.67. The van der Waals surface area contributed by atoms with Crippen LogP contribution in [0, 0.1) is 17.2 Å². The molecule has 302 valence electrons. The van der Waals surface area contributed by atoms with Crippen molar-refractivity contribution in [2.24, 2.45) is 11.3 Å². The molecule has 1 aromatic heterocycles. The number of carbonyl (C=O) groups excluding carboxylic acids is 2. The number of nitrogens with zero attached hydrogens (tertiary/aromatic N) is 9. The summed E-state index contributed by atoms with van der Waals surface area (Å²) in [6.45, 7) is 19.2. The summed E-state index contributed by atoms with van der Waals surface area (Å²) in [7, 11) is -3.61. The van der Waals surface area contributed by atoms with Gasteiger partial charge in [0.15, 0.2) is 5.82 Å². The average molecular weight is 786 g/mol. The van der Waals surface area contributed by atoms with Gasteiger partial charge in [0.1, 0.15) is 23.5 Å². The highest BCUT2D eigenvalue weighted by atomic mass is 32.2. The van der Waals surface area contributed by atoms with Crippen molar-refractivity contribution in [1.82, 2.24) is 38.5 Å². The molecule has 1 spiro atoms. The van der Waals surface area contributed by atoms with Crippen molar-refractivity contribution in [3.8, 4) is 11.6 Å². The molecule has 2 aromatic rings. The number of fused-ring (bicyclic) bond motifs is 2. The summed E-state index contributed by atoms with van der Waals surface area (Å²) in [4.78, 5) is 38.7. The average Bonchev–Trinajstić information content (AvgIpc) is 3.85. The topological polar surface area (TPSA) is 145 Å². The van der Waals surface area contributed by atoms with Gasteiger partial charge in [-0.2, -0.15) is 17.0 Å². The van der Waals surface area contributed by atoms with Crippen molar-refractivity contribution in [3.63, 3.8) is 0 Å². The first kappa shape index (κ1) is 39.6. The Labute approximate surface area is 324 Å². The monoisotopic (exact) mass is 785 g/mol. The molecule has 17 heteroatoms. The molecular formula is C38H56FN9O6S. The third-order valence-corrected chi connectivity index (χ3v) is 13.8. The van der Waals surface area contributed by atoms with Crippen molar-refractivity contribution in [2.75, 3.05) is 63.8 Å². The van der Waals surface area contributed by atoms with Gasteiger partial charge in [0.25, 0.3) is 22.0 Å². The lowest BCUT2D eigenvalue weighted by atomic mass is 9.72. The second-order valence-corrected chi connectivity index (χ2v) is 19.5. The molecule has 2 bridgehead atoms. The first-order chi connectivity index (χ1) is 25.9. The number of piperazine rings is 1. The summed E-state index contributed by atoms with van der Waals surface area (Å²) >= 11 is 0. The van der Waals surface area contributed by atoms with Gasteiger partial charge in [0, 0.05) is 69.4 Å². The van der Waals surface area contributed by atoms with Crippen LogP contribution in [-0.4, -0.2) is 148 Å². The van der Waals surface area contributed by atoms with E-state index in [4.69, 9.17) is 9.47 Å². The molecule has 5 aliphatic rings. The molecule has 0 unspecified atom stereocenters. The normalized spacial score (nSPS) is 24.6. The summed E-state index contributed by atoms with van der Waals surface area (Å²) in [5.74, 6) is 0.301. The van der Waals surface area contributed by atoms with Gasteiger partial charge in [-0.3, -0.25) is 4.79 Å². The van der Waals surface area contributed by atoms with Gasteiger partial charge in [-0.15, -0.1) is 10.2 Å². The standard InChI is InChI=1S/C38H56FN9O6S/c1-25(2)48(26(3)4)35(49)31-16-28(39)8-9-32(31)53-34-33(40-24-41-42-34)44-22-38(23-44)11-14-43(15-12-38)18-27-10-13-45(19-27)55(51,52)47-21-29-17-30(47)20-46(29)36(50)54-37(5,6)7/h8-9,16,24-27,29-30H,10-15,17-23H2,1-7H3/t27-,29-,30-/m0/s1. The highest BCUT2D eigenvalue weighted by Gasteiger charge is 2.53. The Morgan fingerprint density at radius 1 is 1.02 bits per heavy atom. The Bertz CT molecular complexity index is 1850. The summed E-state index contributed by atoms with van der Waals surface area (Å²) in [6.07, 6.45) is 4.51. The van der Waals surface area contributed by atoms with E-state index in [1.807, 2.05) is 48.5 Å². The van der Waals surface area contributed by atoms with Crippen LogP contribution in [0.4, 0.5) is 15.0 Å². The largest absolute Gasteiger partial charge is 0.444 e. The predicted molar refractivity (Wildman–Crippen MR) is 204 cm³/mol. The zero-order chi connectivity index (χ0) is 39.4. The SMILES string of the molecule is CC(C)N(C(=O)c1cc(F)ccc1Oc1nncnc1N1CC2(CCN(C[C@@H]3CCN(S(=O)(=O)N4C[C@@H]5C[C@H]4CN5C(=O)OC(C)(C)C)C3)CC2)C1)C(C)C. The number of benzene rings is 1. The van der Waals surface area contributed by atoms with Crippen molar-refractivity contribution >= 4 is 28.0 Å². The fourth-order valence-corrected chi connectivity index (χ4v) is 11.1. The summed E-state index contributed by atoms with van der Waals surface area (Å²) in [6, 6.07) is 3.36. The molecule has 6 heterocycles. The van der Waals surface area contributed by atoms with E-state index in [-0.39, 0.29) is 64.7 Å². The van der Waals surface area contributed by atoms with Gasteiger partial charge < -0.3 is 29.1 Å². The minimum absolute atomic E-state index is 0.0955. The number of rotatable bonds is 10. The van der Waals surface area contributed by atoms with Crippen molar-refractivity contribution in [1.29, 1.82) is 0 Å². The molecule has 1 aromatic carbocycles. The fraction of sp³-hybridized carbons (Fsp3) is 0.711. The van der Waals surface area contributed by atoms with Crippen LogP contribution in [0.15, 0.2) is 24.5 Å². The first-order valence-corrected chi connectivity index (χ1v) is 21.0. The fourth-order valence-electron chi connectivity index (χ4n) is 9.17. The maximum Gasteiger partial charge on any atom is 0.410 e. The van der Waals surface area contributed by atoms with Crippen LogP contribution in [0.2, 0.25) is 0 Å². The second kappa shape index (κ2) is 15.0. The van der Waals surface area contributed by atoms with Gasteiger partial charge in [-0.25, -0.2) is 14.2 Å². The lowest BCUT2D eigenvalue weighted by Crippen LogP contribution is -2.61. The number of hydrogen-bond acceptors (Lipinski definition) is 11. The quantitative estimate of drug-likeness (QED) is 0.342. The van der Waals surface area contributed by atoms with E-state index < -0.39 is 21.6 Å². The third-order valence-electron chi connectivity index (χ3n) is 11.8. The maximum absolute atomic E-state index is 14.4. The molecule has 0 radical (unpaired) electrons. The molecule has 5 saturated heterocycles. The number of anilines is 1. The molecule has 0 aliphatic carbocycles. The molecule has 0 saturated carbocycles. The van der Waals surface area contributed by atoms with Crippen molar-refractivity contribution in [3.05, 3.63) is 35.9 Å². The number of ether oxygens (including phenoxy) is 2. The molecule has 7 rings (SSSR count). The minimum atomic E-state index is -3.61. The molecule has 3 atom stereocenters. The van der Waals surface area contributed by atoms with Gasteiger partial charge in [0.05, 0.1) is 11.6 Å². The Morgan fingerprint density at radius 2 is 1.73 bits per heavy atom. The molecule has 5 fully saturated rings. The van der Waals surface area contributed by atoms with Gasteiger partial charge in [0.2, 0.25) is 0 Å². The second-order valence-electron chi connectivity index (χ2n) is 17.7. The Morgan fingerprint density at radius 3 is 2.36 bits per heavy atom. The Balaban J connectivity index is 0.905. The minimum Gasteiger partial charge on any atom is -0.444 e. The lowest BCUT2D eigenvalue weighted by Gasteiger charge is -2.54. The smallest absolute Gasteiger partial charge is 0.410 e. The number of likely N-dealkylation sites (tertiary alicyclic amines) is 2. The lowest BCUT2D eigenvalue weighted by molar-refractivity contribution is 0.0170. The number of halogens is 1. The van der Waals surface area contributed by atoms with Crippen LogP contribution in [0.3, 0.4) is 0 Å². The molecule has 15 nitrogen and oxygen atoms in total. The Kier molecular flexibility index (Phi) is 10.8. The molecule has 2 amide bonds. The van der Waals surface area contributed by atoms with E-state index in [1.165, 1.54) is 24.5 Å². The van der Waals surface area contributed by atoms with Crippen LogP contribution < -0.4 is 9.64 Å². The predicted octanol–water partition coefficient (Wildman–Crippen LogP) is 4.22. The summed E-state index contributed by atoms with van der Waals surface area (Å²) < 4.78 is 56.9. The van der Waals surface area contributed by atoms with E-state index in [0.717, 1.165) is 52.0 Å². The third kappa shape index (κ3) is 8.12. The van der Waals surface area contributed by atoms with E-state index in [1.54, 1.807) is 18.4 Å². The van der Waals surface area contributed by atoms with Gasteiger partial charge >= 0.3 is 6.09 Å².